The van der Waals surface area contributed by atoms with Crippen LogP contribution in [0.4, 0.5) is 11.4 Å². The van der Waals surface area contributed by atoms with Crippen LogP contribution in [-0.2, 0) is 20.8 Å². The van der Waals surface area contributed by atoms with E-state index in [9.17, 15) is 19.5 Å². The highest BCUT2D eigenvalue weighted by Gasteiger charge is 2.71. The second kappa shape index (κ2) is 13.2. The van der Waals surface area contributed by atoms with Gasteiger partial charge in [0, 0.05) is 29.7 Å². The predicted molar refractivity (Wildman–Crippen MR) is 186 cm³/mol. The van der Waals surface area contributed by atoms with Crippen LogP contribution in [0.3, 0.4) is 0 Å². The van der Waals surface area contributed by atoms with Crippen molar-refractivity contribution in [3.63, 3.8) is 0 Å². The highest BCUT2D eigenvalue weighted by atomic mass is 32.2. The summed E-state index contributed by atoms with van der Waals surface area (Å²) in [6.45, 7) is 2.80. The Kier molecular flexibility index (Phi) is 8.78. The minimum absolute atomic E-state index is 0.154. The van der Waals surface area contributed by atoms with Gasteiger partial charge in [-0.1, -0.05) is 54.6 Å². The van der Waals surface area contributed by atoms with Crippen molar-refractivity contribution >= 4 is 40.9 Å². The van der Waals surface area contributed by atoms with E-state index in [1.165, 1.54) is 11.8 Å². The SMILES string of the molecule is CCOc1ccc(N2CC=C[C@@H]3S[C@]45C=CCN(c6ccc(OC)cc6)C(=O)C4N([C@@H](CO)Cc4ccccc4)C(=O)[C@@H]5[C@@H]3C2=O)cc1. The number of likely N-dealkylation sites (tertiary alicyclic amines) is 1. The molecule has 0 bridgehead atoms. The van der Waals surface area contributed by atoms with Crippen LogP contribution in [0.5, 0.6) is 11.5 Å². The lowest BCUT2D eigenvalue weighted by atomic mass is 9.78. The zero-order valence-corrected chi connectivity index (χ0v) is 27.8. The number of carbonyl (C=O) groups is 3. The quantitative estimate of drug-likeness (QED) is 0.336. The number of methoxy groups -OCH3 is 1. The van der Waals surface area contributed by atoms with Crippen LogP contribution < -0.4 is 19.3 Å². The summed E-state index contributed by atoms with van der Waals surface area (Å²) in [4.78, 5) is 49.5. The maximum Gasteiger partial charge on any atom is 0.251 e. The summed E-state index contributed by atoms with van der Waals surface area (Å²) in [5.41, 5.74) is 2.34. The first kappa shape index (κ1) is 32.0. The molecule has 0 aliphatic carbocycles. The standard InChI is InChI=1S/C38H39N3O6S/c1-3-47-30-18-14-26(15-19-30)39-21-7-11-31-32(35(39)43)33-36(44)41(28(24-42)23-25-9-5-4-6-10-25)34-37(45)40(22-8-20-38(33,34)48-31)27-12-16-29(46-2)17-13-27/h4-20,28,31-34,42H,3,21-24H2,1-2H3/t28-,31+,32-,33+,34?,38+/m1/s1. The molecule has 1 unspecified atom stereocenters. The Labute approximate surface area is 284 Å². The van der Waals surface area contributed by atoms with Gasteiger partial charge in [-0.05, 0) is 67.4 Å². The number of ether oxygens (including phenoxy) is 2. The monoisotopic (exact) mass is 665 g/mol. The summed E-state index contributed by atoms with van der Waals surface area (Å²) in [6.07, 6.45) is 8.33. The first-order chi connectivity index (χ1) is 23.4. The molecule has 3 amide bonds. The summed E-state index contributed by atoms with van der Waals surface area (Å²) in [6, 6.07) is 22.8. The first-order valence-electron chi connectivity index (χ1n) is 16.4. The lowest BCUT2D eigenvalue weighted by molar-refractivity contribution is -0.141. The molecule has 248 valence electrons. The van der Waals surface area contributed by atoms with Crippen molar-refractivity contribution in [3.8, 4) is 11.5 Å². The minimum Gasteiger partial charge on any atom is -0.497 e. The van der Waals surface area contributed by atoms with Gasteiger partial charge in [-0.3, -0.25) is 14.4 Å². The number of hydrogen-bond acceptors (Lipinski definition) is 7. The van der Waals surface area contributed by atoms with Gasteiger partial charge in [0.2, 0.25) is 11.8 Å². The Morgan fingerprint density at radius 3 is 2.15 bits per heavy atom. The molecule has 1 spiro atoms. The van der Waals surface area contributed by atoms with Gasteiger partial charge >= 0.3 is 0 Å². The van der Waals surface area contributed by atoms with E-state index in [0.717, 1.165) is 5.56 Å². The average Bonchev–Trinajstić information content (AvgIpc) is 3.43. The number of anilines is 2. The van der Waals surface area contributed by atoms with Crippen LogP contribution in [-0.4, -0.2) is 83.2 Å². The van der Waals surface area contributed by atoms with Crippen LogP contribution in [0.25, 0.3) is 0 Å². The van der Waals surface area contributed by atoms with E-state index in [1.807, 2.05) is 98.0 Å². The van der Waals surface area contributed by atoms with E-state index in [4.69, 9.17) is 9.47 Å². The average molecular weight is 666 g/mol. The fraction of sp³-hybridized carbons (Fsp3) is 0.342. The van der Waals surface area contributed by atoms with Crippen molar-refractivity contribution in [2.24, 2.45) is 11.8 Å². The maximum absolute atomic E-state index is 15.0. The normalized spacial score (nSPS) is 26.9. The van der Waals surface area contributed by atoms with Crippen LogP contribution in [0, 0.1) is 11.8 Å². The van der Waals surface area contributed by atoms with E-state index in [-0.39, 0.29) is 29.6 Å². The summed E-state index contributed by atoms with van der Waals surface area (Å²) >= 11 is 1.53. The summed E-state index contributed by atoms with van der Waals surface area (Å²) in [7, 11) is 1.59. The summed E-state index contributed by atoms with van der Waals surface area (Å²) in [5.74, 6) is -0.800. The molecule has 9 nitrogen and oxygen atoms in total. The first-order valence-corrected chi connectivity index (χ1v) is 17.3. The molecule has 3 aromatic rings. The lowest BCUT2D eigenvalue weighted by Crippen LogP contribution is -2.57. The molecular formula is C38H39N3O6S. The Bertz CT molecular complexity index is 1730. The second-order valence-electron chi connectivity index (χ2n) is 12.5. The van der Waals surface area contributed by atoms with Gasteiger partial charge in [0.05, 0.1) is 42.9 Å². The van der Waals surface area contributed by atoms with E-state index >= 15 is 0 Å². The number of amides is 3. The van der Waals surface area contributed by atoms with Crippen molar-refractivity contribution in [1.82, 2.24) is 4.90 Å². The highest BCUT2D eigenvalue weighted by Crippen LogP contribution is 2.61. The van der Waals surface area contributed by atoms with E-state index in [2.05, 4.69) is 0 Å². The predicted octanol–water partition coefficient (Wildman–Crippen LogP) is 4.50. The second-order valence-corrected chi connectivity index (χ2v) is 14.0. The minimum atomic E-state index is -1.02. The molecule has 6 atom stereocenters. The van der Waals surface area contributed by atoms with Crippen LogP contribution in [0.2, 0.25) is 0 Å². The Morgan fingerprint density at radius 2 is 1.50 bits per heavy atom. The molecule has 4 aliphatic rings. The van der Waals surface area contributed by atoms with Crippen LogP contribution in [0.15, 0.2) is 103 Å². The van der Waals surface area contributed by atoms with E-state index < -0.39 is 28.7 Å². The van der Waals surface area contributed by atoms with Gasteiger partial charge in [0.1, 0.15) is 17.5 Å². The Hall–Kier alpha value is -4.54. The molecule has 4 heterocycles. The molecule has 4 aliphatic heterocycles. The maximum atomic E-state index is 15.0. The van der Waals surface area contributed by atoms with E-state index in [0.29, 0.717) is 49.0 Å². The number of rotatable bonds is 9. The Balaban J connectivity index is 1.31. The van der Waals surface area contributed by atoms with Gasteiger partial charge in [-0.15, -0.1) is 11.8 Å². The third-order valence-corrected chi connectivity index (χ3v) is 11.6. The van der Waals surface area contributed by atoms with Crippen molar-refractivity contribution in [2.75, 3.05) is 43.2 Å². The van der Waals surface area contributed by atoms with Gasteiger partial charge in [-0.2, -0.15) is 0 Å². The van der Waals surface area contributed by atoms with Crippen LogP contribution in [0.1, 0.15) is 12.5 Å². The molecule has 3 aromatic carbocycles. The Morgan fingerprint density at radius 1 is 0.854 bits per heavy atom. The van der Waals surface area contributed by atoms with Crippen molar-refractivity contribution in [1.29, 1.82) is 0 Å². The molecule has 0 radical (unpaired) electrons. The third-order valence-electron chi connectivity index (χ3n) is 9.86. The fourth-order valence-corrected chi connectivity index (χ4v) is 9.71. The lowest BCUT2D eigenvalue weighted by Gasteiger charge is -2.38. The zero-order chi connectivity index (χ0) is 33.4. The molecule has 7 rings (SSSR count). The number of thioether (sulfide) groups is 1. The summed E-state index contributed by atoms with van der Waals surface area (Å²) < 4.78 is 9.95. The molecule has 2 saturated heterocycles. The van der Waals surface area contributed by atoms with Crippen LogP contribution >= 0.6 is 11.8 Å². The van der Waals surface area contributed by atoms with Gasteiger partial charge in [0.25, 0.3) is 5.91 Å². The highest BCUT2D eigenvalue weighted by molar-refractivity contribution is 8.02. The van der Waals surface area contributed by atoms with Crippen molar-refractivity contribution < 1.29 is 29.0 Å². The third kappa shape index (κ3) is 5.37. The van der Waals surface area contributed by atoms with Gasteiger partial charge in [-0.25, -0.2) is 0 Å². The molecular weight excluding hydrogens is 627 g/mol. The molecule has 0 saturated carbocycles. The van der Waals surface area contributed by atoms with E-state index in [1.54, 1.807) is 33.9 Å². The van der Waals surface area contributed by atoms with Crippen molar-refractivity contribution in [3.05, 3.63) is 109 Å². The number of aliphatic hydroxyl groups is 1. The number of nitrogens with zero attached hydrogens (tertiary/aromatic N) is 3. The largest absolute Gasteiger partial charge is 0.497 e. The smallest absolute Gasteiger partial charge is 0.251 e. The number of fused-ring (bicyclic) bond motifs is 2. The number of aliphatic hydroxyl groups excluding tert-OH is 1. The van der Waals surface area contributed by atoms with Gasteiger partial charge in [0.15, 0.2) is 0 Å². The number of carbonyl (C=O) groups excluding carboxylic acids is 3. The molecule has 1 N–H and O–H groups in total. The topological polar surface area (TPSA) is 99.6 Å². The fourth-order valence-electron chi connectivity index (χ4n) is 7.72. The number of hydrogen-bond donors (Lipinski definition) is 1. The van der Waals surface area contributed by atoms with Gasteiger partial charge < -0.3 is 29.3 Å². The summed E-state index contributed by atoms with van der Waals surface area (Å²) in [5, 5.41) is 10.5. The van der Waals surface area contributed by atoms with Crippen molar-refractivity contribution in [2.45, 2.75) is 35.4 Å². The molecule has 0 aromatic heterocycles. The molecule has 10 heteroatoms. The zero-order valence-electron chi connectivity index (χ0n) is 27.0. The number of benzene rings is 3. The molecule has 48 heavy (non-hydrogen) atoms. The molecule has 2 fully saturated rings.